The Morgan fingerprint density at radius 3 is 2.38 bits per heavy atom. The highest BCUT2D eigenvalue weighted by molar-refractivity contribution is 5.72. The van der Waals surface area contributed by atoms with Gasteiger partial charge >= 0.3 is 5.97 Å². The van der Waals surface area contributed by atoms with E-state index in [2.05, 4.69) is 0 Å². The fourth-order valence-corrected chi connectivity index (χ4v) is 1.26. The minimum Gasteiger partial charge on any atom is -0.458 e. The van der Waals surface area contributed by atoms with Gasteiger partial charge in [0.15, 0.2) is 0 Å². The van der Waals surface area contributed by atoms with Crippen LogP contribution in [-0.4, -0.2) is 5.97 Å². The van der Waals surface area contributed by atoms with Crippen LogP contribution in [0.5, 0.6) is 0 Å². The number of ether oxygens (including phenoxy) is 1. The maximum absolute atomic E-state index is 12.7. The Hall–Kier alpha value is -1.38. The van der Waals surface area contributed by atoms with Crippen molar-refractivity contribution in [3.8, 4) is 0 Å². The third-order valence-corrected chi connectivity index (χ3v) is 2.65. The largest absolute Gasteiger partial charge is 0.458 e. The molecule has 3 heteroatoms. The van der Waals surface area contributed by atoms with E-state index in [9.17, 15) is 9.18 Å². The molecule has 0 radical (unpaired) electrons. The molecule has 0 amide bonds. The number of carbonyl (C=O) groups is 1. The number of halogens is 1. The highest BCUT2D eigenvalue weighted by Crippen LogP contribution is 2.19. The van der Waals surface area contributed by atoms with Crippen LogP contribution in [0.25, 0.3) is 0 Å². The summed E-state index contributed by atoms with van der Waals surface area (Å²) in [6, 6.07) is 5.99. The number of esters is 1. The molecule has 0 fully saturated rings. The average molecular weight is 224 g/mol. The summed E-state index contributed by atoms with van der Waals surface area (Å²) in [5.74, 6) is -0.591. The van der Waals surface area contributed by atoms with E-state index in [0.29, 0.717) is 0 Å². The van der Waals surface area contributed by atoms with Gasteiger partial charge in [-0.05, 0) is 31.0 Å². The van der Waals surface area contributed by atoms with E-state index in [1.165, 1.54) is 12.1 Å². The van der Waals surface area contributed by atoms with Crippen LogP contribution in [0, 0.1) is 11.7 Å². The molecule has 2 unspecified atom stereocenters. The van der Waals surface area contributed by atoms with Crippen LogP contribution in [0.1, 0.15) is 38.9 Å². The number of hydrogen-bond acceptors (Lipinski definition) is 2. The van der Waals surface area contributed by atoms with Crippen molar-refractivity contribution in [1.82, 2.24) is 0 Å². The monoisotopic (exact) mass is 224 g/mol. The molecule has 0 aliphatic rings. The molecule has 0 aliphatic carbocycles. The first-order chi connectivity index (χ1) is 7.54. The lowest BCUT2D eigenvalue weighted by atomic mass is 10.1. The van der Waals surface area contributed by atoms with Crippen molar-refractivity contribution in [2.75, 3.05) is 0 Å². The van der Waals surface area contributed by atoms with Crippen LogP contribution in [0.2, 0.25) is 0 Å². The van der Waals surface area contributed by atoms with Gasteiger partial charge in [0, 0.05) is 0 Å². The zero-order valence-electron chi connectivity index (χ0n) is 9.87. The molecule has 2 atom stereocenters. The van der Waals surface area contributed by atoms with Gasteiger partial charge in [0.25, 0.3) is 0 Å². The molecule has 1 rings (SSSR count). The van der Waals surface area contributed by atoms with Gasteiger partial charge in [-0.2, -0.15) is 0 Å². The second-order valence-corrected chi connectivity index (χ2v) is 3.94. The molecule has 0 saturated heterocycles. The molecule has 88 valence electrons. The summed E-state index contributed by atoms with van der Waals surface area (Å²) < 4.78 is 18.0. The molecule has 0 aromatic heterocycles. The average Bonchev–Trinajstić information content (AvgIpc) is 2.28. The Morgan fingerprint density at radius 2 is 1.88 bits per heavy atom. The van der Waals surface area contributed by atoms with Crippen LogP contribution in [0.4, 0.5) is 4.39 Å². The van der Waals surface area contributed by atoms with Crippen LogP contribution < -0.4 is 0 Å². The zero-order chi connectivity index (χ0) is 12.1. The summed E-state index contributed by atoms with van der Waals surface area (Å²) in [6.45, 7) is 5.56. The van der Waals surface area contributed by atoms with Crippen molar-refractivity contribution in [2.24, 2.45) is 5.92 Å². The number of benzene rings is 1. The lowest BCUT2D eigenvalue weighted by Gasteiger charge is -2.16. The van der Waals surface area contributed by atoms with E-state index in [0.717, 1.165) is 12.0 Å². The molecule has 16 heavy (non-hydrogen) atoms. The van der Waals surface area contributed by atoms with E-state index >= 15 is 0 Å². The SMILES string of the molecule is CCC(C)C(=O)OC(C)c1ccc(F)cc1. The topological polar surface area (TPSA) is 26.3 Å². The Kier molecular flexibility index (Phi) is 4.47. The normalized spacial score (nSPS) is 14.2. The fourth-order valence-electron chi connectivity index (χ4n) is 1.26. The first-order valence-corrected chi connectivity index (χ1v) is 5.50. The van der Waals surface area contributed by atoms with Gasteiger partial charge in [-0.1, -0.05) is 26.0 Å². The highest BCUT2D eigenvalue weighted by atomic mass is 19.1. The summed E-state index contributed by atoms with van der Waals surface area (Å²) in [6.07, 6.45) is 0.428. The van der Waals surface area contributed by atoms with Gasteiger partial charge in [-0.15, -0.1) is 0 Å². The fraction of sp³-hybridized carbons (Fsp3) is 0.462. The molecule has 2 nitrogen and oxygen atoms in total. The summed E-state index contributed by atoms with van der Waals surface area (Å²) in [4.78, 5) is 11.5. The van der Waals surface area contributed by atoms with E-state index in [1.54, 1.807) is 19.1 Å². The van der Waals surface area contributed by atoms with Crippen molar-refractivity contribution >= 4 is 5.97 Å². The summed E-state index contributed by atoms with van der Waals surface area (Å²) >= 11 is 0. The first-order valence-electron chi connectivity index (χ1n) is 5.50. The summed E-state index contributed by atoms with van der Waals surface area (Å²) in [5, 5.41) is 0. The second kappa shape index (κ2) is 5.64. The molecule has 0 spiro atoms. The Morgan fingerprint density at radius 1 is 1.31 bits per heavy atom. The molecular weight excluding hydrogens is 207 g/mol. The molecule has 1 aromatic carbocycles. The van der Waals surface area contributed by atoms with Crippen molar-refractivity contribution in [3.63, 3.8) is 0 Å². The first kappa shape index (κ1) is 12.7. The van der Waals surface area contributed by atoms with Crippen molar-refractivity contribution in [2.45, 2.75) is 33.3 Å². The van der Waals surface area contributed by atoms with Gasteiger partial charge in [-0.3, -0.25) is 4.79 Å². The van der Waals surface area contributed by atoms with Crippen molar-refractivity contribution < 1.29 is 13.9 Å². The highest BCUT2D eigenvalue weighted by Gasteiger charge is 2.16. The third kappa shape index (κ3) is 3.33. The minimum atomic E-state index is -0.331. The quantitative estimate of drug-likeness (QED) is 0.732. The van der Waals surface area contributed by atoms with E-state index in [-0.39, 0.29) is 23.8 Å². The van der Waals surface area contributed by atoms with E-state index in [4.69, 9.17) is 4.74 Å². The van der Waals surface area contributed by atoms with Crippen LogP contribution in [0.3, 0.4) is 0 Å². The van der Waals surface area contributed by atoms with Crippen molar-refractivity contribution in [1.29, 1.82) is 0 Å². The summed E-state index contributed by atoms with van der Waals surface area (Å²) in [5.41, 5.74) is 0.804. The molecule has 0 bridgehead atoms. The molecule has 1 aromatic rings. The lowest BCUT2D eigenvalue weighted by Crippen LogP contribution is -2.16. The Labute approximate surface area is 95.4 Å². The van der Waals surface area contributed by atoms with E-state index in [1.807, 2.05) is 13.8 Å². The zero-order valence-corrected chi connectivity index (χ0v) is 9.87. The lowest BCUT2D eigenvalue weighted by molar-refractivity contribution is -0.153. The standard InChI is InChI=1S/C13H17FO2/c1-4-9(2)13(15)16-10(3)11-5-7-12(14)8-6-11/h5-10H,4H2,1-3H3. The summed E-state index contributed by atoms with van der Waals surface area (Å²) in [7, 11) is 0. The van der Waals surface area contributed by atoms with Crippen LogP contribution in [0.15, 0.2) is 24.3 Å². The Bertz CT molecular complexity index is 345. The molecule has 0 aliphatic heterocycles. The molecule has 0 heterocycles. The maximum atomic E-state index is 12.7. The Balaban J connectivity index is 2.62. The van der Waals surface area contributed by atoms with Gasteiger partial charge < -0.3 is 4.74 Å². The number of carbonyl (C=O) groups excluding carboxylic acids is 1. The van der Waals surface area contributed by atoms with Crippen LogP contribution >= 0.6 is 0 Å². The molecule has 0 N–H and O–H groups in total. The predicted octanol–water partition coefficient (Wildman–Crippen LogP) is 3.48. The molecular formula is C13H17FO2. The van der Waals surface area contributed by atoms with Gasteiger partial charge in [0.05, 0.1) is 5.92 Å². The van der Waals surface area contributed by atoms with Crippen molar-refractivity contribution in [3.05, 3.63) is 35.6 Å². The van der Waals surface area contributed by atoms with Crippen LogP contribution in [-0.2, 0) is 9.53 Å². The van der Waals surface area contributed by atoms with Gasteiger partial charge in [0.1, 0.15) is 11.9 Å². The van der Waals surface area contributed by atoms with Gasteiger partial charge in [-0.25, -0.2) is 4.39 Å². The predicted molar refractivity (Wildman–Crippen MR) is 60.4 cm³/mol. The van der Waals surface area contributed by atoms with E-state index < -0.39 is 0 Å². The van der Waals surface area contributed by atoms with Gasteiger partial charge in [0.2, 0.25) is 0 Å². The minimum absolute atomic E-state index is 0.0945. The second-order valence-electron chi connectivity index (χ2n) is 3.94. The third-order valence-electron chi connectivity index (χ3n) is 2.65. The number of hydrogen-bond donors (Lipinski definition) is 0. The number of rotatable bonds is 4. The maximum Gasteiger partial charge on any atom is 0.309 e. The smallest absolute Gasteiger partial charge is 0.309 e. The molecule has 0 saturated carbocycles.